The van der Waals surface area contributed by atoms with Crippen LogP contribution in [0.25, 0.3) is 11.0 Å². The van der Waals surface area contributed by atoms with E-state index in [-0.39, 0.29) is 33.4 Å². The summed E-state index contributed by atoms with van der Waals surface area (Å²) in [5.41, 5.74) is 0.682. The SMILES string of the molecule is O=C(Nc1c(Cl)cncc1Cl)C(=O)c1cn(Cc2ccc(F)cc2F)c2ncccc12. The van der Waals surface area contributed by atoms with Gasteiger partial charge in [0.05, 0.1) is 27.8 Å². The Hall–Kier alpha value is -3.36. The van der Waals surface area contributed by atoms with E-state index in [0.717, 1.165) is 12.1 Å². The van der Waals surface area contributed by atoms with Crippen molar-refractivity contribution in [2.24, 2.45) is 0 Å². The van der Waals surface area contributed by atoms with Crippen LogP contribution >= 0.6 is 23.2 Å². The standard InChI is InChI=1S/C21H12Cl2F2N4O2/c22-15-7-26-8-16(23)18(15)28-21(31)19(30)14-10-29(20-13(14)2-1-5-27-20)9-11-3-4-12(24)6-17(11)25/h1-8,10H,9H2,(H,26,28,31). The number of carbonyl (C=O) groups excluding carboxylic acids is 2. The van der Waals surface area contributed by atoms with E-state index in [0.29, 0.717) is 11.0 Å². The summed E-state index contributed by atoms with van der Waals surface area (Å²) in [5, 5.41) is 2.94. The summed E-state index contributed by atoms with van der Waals surface area (Å²) in [6.07, 6.45) is 5.46. The molecule has 0 saturated heterocycles. The zero-order chi connectivity index (χ0) is 22.1. The van der Waals surface area contributed by atoms with Crippen LogP contribution in [0, 0.1) is 11.6 Å². The third-order valence-corrected chi connectivity index (χ3v) is 5.11. The lowest BCUT2D eigenvalue weighted by molar-refractivity contribution is -0.112. The molecule has 0 spiro atoms. The van der Waals surface area contributed by atoms with Gasteiger partial charge in [-0.15, -0.1) is 0 Å². The van der Waals surface area contributed by atoms with Crippen molar-refractivity contribution in [3.8, 4) is 0 Å². The first-order valence-corrected chi connectivity index (χ1v) is 9.63. The number of hydrogen-bond donors (Lipinski definition) is 1. The fourth-order valence-electron chi connectivity index (χ4n) is 3.08. The number of ketones is 1. The fourth-order valence-corrected chi connectivity index (χ4v) is 3.54. The number of Topliss-reactive ketones (excluding diaryl/α,β-unsaturated/α-hetero) is 1. The van der Waals surface area contributed by atoms with Crippen molar-refractivity contribution in [3.63, 3.8) is 0 Å². The monoisotopic (exact) mass is 460 g/mol. The molecule has 0 aliphatic rings. The van der Waals surface area contributed by atoms with Gasteiger partial charge in [-0.25, -0.2) is 13.8 Å². The molecule has 10 heteroatoms. The molecule has 31 heavy (non-hydrogen) atoms. The summed E-state index contributed by atoms with van der Waals surface area (Å²) in [4.78, 5) is 33.5. The predicted octanol–water partition coefficient (Wildman–Crippen LogP) is 4.89. The fraction of sp³-hybridized carbons (Fsp3) is 0.0476. The molecule has 0 aliphatic carbocycles. The van der Waals surface area contributed by atoms with Gasteiger partial charge < -0.3 is 9.88 Å². The lowest BCUT2D eigenvalue weighted by atomic mass is 10.1. The van der Waals surface area contributed by atoms with Crippen LogP contribution in [-0.2, 0) is 11.3 Å². The Morgan fingerprint density at radius 3 is 2.55 bits per heavy atom. The van der Waals surface area contributed by atoms with E-state index in [1.165, 1.54) is 35.4 Å². The van der Waals surface area contributed by atoms with Gasteiger partial charge >= 0.3 is 0 Å². The van der Waals surface area contributed by atoms with E-state index in [1.807, 2.05) is 0 Å². The number of fused-ring (bicyclic) bond motifs is 1. The van der Waals surface area contributed by atoms with Crippen molar-refractivity contribution in [3.05, 3.63) is 87.9 Å². The van der Waals surface area contributed by atoms with E-state index in [2.05, 4.69) is 15.3 Å². The minimum absolute atomic E-state index is 0.0173. The minimum Gasteiger partial charge on any atom is -0.327 e. The van der Waals surface area contributed by atoms with Crippen molar-refractivity contribution in [2.75, 3.05) is 5.32 Å². The molecule has 1 aromatic carbocycles. The topological polar surface area (TPSA) is 76.9 Å². The molecular weight excluding hydrogens is 449 g/mol. The summed E-state index contributed by atoms with van der Waals surface area (Å²) in [5.74, 6) is -3.26. The van der Waals surface area contributed by atoms with Gasteiger partial charge in [0.25, 0.3) is 11.7 Å². The van der Waals surface area contributed by atoms with Crippen LogP contribution < -0.4 is 5.32 Å². The number of benzene rings is 1. The second kappa shape index (κ2) is 8.41. The number of pyridine rings is 2. The third kappa shape index (κ3) is 4.12. The number of halogens is 4. The Bertz CT molecular complexity index is 1320. The molecule has 0 bridgehead atoms. The molecule has 0 atom stereocenters. The number of hydrogen-bond acceptors (Lipinski definition) is 4. The molecule has 0 saturated carbocycles. The van der Waals surface area contributed by atoms with Crippen LogP contribution in [0.15, 0.2) is 55.1 Å². The lowest BCUT2D eigenvalue weighted by Crippen LogP contribution is -2.23. The van der Waals surface area contributed by atoms with E-state index in [1.54, 1.807) is 12.1 Å². The predicted molar refractivity (Wildman–Crippen MR) is 112 cm³/mol. The summed E-state index contributed by atoms with van der Waals surface area (Å²) < 4.78 is 28.8. The molecule has 3 aromatic heterocycles. The van der Waals surface area contributed by atoms with Gasteiger partial charge in [0.15, 0.2) is 0 Å². The van der Waals surface area contributed by atoms with Crippen LogP contribution in [0.3, 0.4) is 0 Å². The van der Waals surface area contributed by atoms with Crippen molar-refractivity contribution in [1.29, 1.82) is 0 Å². The van der Waals surface area contributed by atoms with E-state index in [9.17, 15) is 18.4 Å². The number of amides is 1. The van der Waals surface area contributed by atoms with Crippen LogP contribution in [0.4, 0.5) is 14.5 Å². The van der Waals surface area contributed by atoms with E-state index < -0.39 is 23.3 Å². The molecule has 0 fully saturated rings. The smallest absolute Gasteiger partial charge is 0.296 e. The van der Waals surface area contributed by atoms with Gasteiger partial charge in [0, 0.05) is 41.8 Å². The molecule has 1 N–H and O–H groups in total. The lowest BCUT2D eigenvalue weighted by Gasteiger charge is -2.07. The normalized spacial score (nSPS) is 11.0. The van der Waals surface area contributed by atoms with Crippen LogP contribution in [0.5, 0.6) is 0 Å². The first kappa shape index (κ1) is 20.9. The van der Waals surface area contributed by atoms with E-state index in [4.69, 9.17) is 23.2 Å². The second-order valence-electron chi connectivity index (χ2n) is 6.54. The Balaban J connectivity index is 1.69. The Morgan fingerprint density at radius 1 is 1.10 bits per heavy atom. The number of nitrogens with one attached hydrogen (secondary N) is 1. The van der Waals surface area contributed by atoms with Crippen molar-refractivity contribution < 1.29 is 18.4 Å². The number of aromatic nitrogens is 3. The molecule has 1 amide bonds. The van der Waals surface area contributed by atoms with Crippen molar-refractivity contribution in [1.82, 2.24) is 14.5 Å². The van der Waals surface area contributed by atoms with Gasteiger partial charge in [-0.1, -0.05) is 29.3 Å². The van der Waals surface area contributed by atoms with Crippen molar-refractivity contribution in [2.45, 2.75) is 6.54 Å². The Kier molecular flexibility index (Phi) is 5.67. The highest BCUT2D eigenvalue weighted by atomic mass is 35.5. The summed E-state index contributed by atoms with van der Waals surface area (Å²) >= 11 is 12.0. The van der Waals surface area contributed by atoms with E-state index >= 15 is 0 Å². The Labute approximate surface area is 184 Å². The molecule has 0 aliphatic heterocycles. The first-order chi connectivity index (χ1) is 14.8. The average molecular weight is 461 g/mol. The highest BCUT2D eigenvalue weighted by Gasteiger charge is 2.24. The Morgan fingerprint density at radius 2 is 1.84 bits per heavy atom. The molecule has 6 nitrogen and oxygen atoms in total. The zero-order valence-corrected chi connectivity index (χ0v) is 17.1. The molecule has 0 radical (unpaired) electrons. The summed E-state index contributed by atoms with van der Waals surface area (Å²) in [6.45, 7) is -0.0173. The van der Waals surface area contributed by atoms with Gasteiger partial charge in [0.2, 0.25) is 0 Å². The highest BCUT2D eigenvalue weighted by molar-refractivity contribution is 6.50. The molecule has 156 valence electrons. The van der Waals surface area contributed by atoms with Crippen molar-refractivity contribution >= 4 is 51.6 Å². The number of rotatable bonds is 5. The van der Waals surface area contributed by atoms with Crippen LogP contribution in [0.1, 0.15) is 15.9 Å². The quantitative estimate of drug-likeness (QED) is 0.339. The average Bonchev–Trinajstić information content (AvgIpc) is 3.11. The largest absolute Gasteiger partial charge is 0.327 e. The number of carbonyl (C=O) groups is 2. The maximum absolute atomic E-state index is 14.1. The number of anilines is 1. The van der Waals surface area contributed by atoms with Crippen LogP contribution in [0.2, 0.25) is 10.0 Å². The van der Waals surface area contributed by atoms with Crippen LogP contribution in [-0.4, -0.2) is 26.2 Å². The molecule has 3 heterocycles. The van der Waals surface area contributed by atoms with Gasteiger partial charge in [-0.3, -0.25) is 14.6 Å². The second-order valence-corrected chi connectivity index (χ2v) is 7.36. The third-order valence-electron chi connectivity index (χ3n) is 4.53. The van der Waals surface area contributed by atoms with Gasteiger partial charge in [-0.05, 0) is 18.2 Å². The number of nitrogens with zero attached hydrogens (tertiary/aromatic N) is 3. The zero-order valence-electron chi connectivity index (χ0n) is 15.6. The molecule has 4 aromatic rings. The maximum atomic E-state index is 14.1. The molecule has 4 rings (SSSR count). The highest BCUT2D eigenvalue weighted by Crippen LogP contribution is 2.29. The molecular formula is C21H12Cl2F2N4O2. The van der Waals surface area contributed by atoms with Gasteiger partial charge in [-0.2, -0.15) is 0 Å². The first-order valence-electron chi connectivity index (χ1n) is 8.87. The summed E-state index contributed by atoms with van der Waals surface area (Å²) in [6, 6.07) is 6.44. The summed E-state index contributed by atoms with van der Waals surface area (Å²) in [7, 11) is 0. The minimum atomic E-state index is -0.967. The maximum Gasteiger partial charge on any atom is 0.296 e. The molecule has 0 unspecified atom stereocenters. The van der Waals surface area contributed by atoms with Gasteiger partial charge in [0.1, 0.15) is 17.3 Å².